The van der Waals surface area contributed by atoms with E-state index in [1.165, 1.54) is 0 Å². The van der Waals surface area contributed by atoms with Crippen molar-refractivity contribution in [1.82, 2.24) is 9.80 Å². The minimum absolute atomic E-state index is 0.192. The number of hydrogen-bond donors (Lipinski definition) is 0. The lowest BCUT2D eigenvalue weighted by atomic mass is 10.2. The van der Waals surface area contributed by atoms with Crippen LogP contribution in [0.2, 0.25) is 0 Å². The van der Waals surface area contributed by atoms with Gasteiger partial charge in [0.15, 0.2) is 0 Å². The van der Waals surface area contributed by atoms with E-state index in [0.29, 0.717) is 0 Å². The largest absolute Gasteiger partial charge is 0.673 e. The van der Waals surface area contributed by atoms with Gasteiger partial charge in [-0.2, -0.15) is 0 Å². The van der Waals surface area contributed by atoms with E-state index in [1.807, 2.05) is 25.7 Å². The number of likely N-dealkylation sites (N-methyl/N-ethyl adjacent to an activating group) is 1. The van der Waals surface area contributed by atoms with Crippen LogP contribution in [0.15, 0.2) is 0 Å². The van der Waals surface area contributed by atoms with Gasteiger partial charge in [-0.1, -0.05) is 0 Å². The molecule has 1 rings (SSSR count). The van der Waals surface area contributed by atoms with Gasteiger partial charge in [-0.05, 0) is 34.7 Å². The molecule has 0 aliphatic carbocycles. The maximum atomic E-state index is 11.8. The van der Waals surface area contributed by atoms with E-state index >= 15 is 0 Å². The van der Waals surface area contributed by atoms with Gasteiger partial charge in [0, 0.05) is 25.7 Å². The zero-order chi connectivity index (χ0) is 25.1. The number of nitrogens with zero attached hydrogens (tertiary/aromatic N) is 2. The molecule has 0 spiro atoms. The predicted octanol–water partition coefficient (Wildman–Crippen LogP) is 5.46. The third-order valence-corrected chi connectivity index (χ3v) is 2.46. The van der Waals surface area contributed by atoms with E-state index < -0.39 is 27.4 Å². The Morgan fingerprint density at radius 3 is 1.33 bits per heavy atom. The quantitative estimate of drug-likeness (QED) is 0.345. The van der Waals surface area contributed by atoms with Crippen molar-refractivity contribution in [2.75, 3.05) is 26.7 Å². The normalized spacial score (nSPS) is 18.0. The molecule has 1 fully saturated rings. The standard InChI is InChI=1S/C11H22N2O2.3BF4/c1-9-8-12(5)6-7-13(9)10(14)15-11(2,3)4;3*2-1(3,4)5/h9H,6-8H2,1-5H3;;;/q;3*-1. The maximum Gasteiger partial charge on any atom is 0.673 e. The van der Waals surface area contributed by atoms with Gasteiger partial charge in [-0.15, -0.1) is 0 Å². The minimum Gasteiger partial charge on any atom is -0.444 e. The van der Waals surface area contributed by atoms with Gasteiger partial charge in [0.1, 0.15) is 5.60 Å². The summed E-state index contributed by atoms with van der Waals surface area (Å²) in [6, 6.07) is 0.235. The van der Waals surface area contributed by atoms with Gasteiger partial charge in [0.05, 0.1) is 0 Å². The molecule has 1 unspecified atom stereocenters. The van der Waals surface area contributed by atoms with Crippen LogP contribution in [0, 0.1) is 0 Å². The summed E-state index contributed by atoms with van der Waals surface area (Å²) in [5.41, 5.74) is -0.403. The van der Waals surface area contributed by atoms with Gasteiger partial charge in [-0.25, -0.2) is 4.79 Å². The average Bonchev–Trinajstić information content (AvgIpc) is 2.29. The summed E-state index contributed by atoms with van der Waals surface area (Å²) >= 11 is 0. The number of amides is 1. The number of carbonyl (C=O) groups excluding carboxylic acids is 1. The van der Waals surface area contributed by atoms with Crippen LogP contribution in [-0.4, -0.2) is 76.0 Å². The van der Waals surface area contributed by atoms with E-state index in [1.54, 1.807) is 0 Å². The first-order valence-corrected chi connectivity index (χ1v) is 8.09. The number of ether oxygens (including phenoxy) is 1. The highest BCUT2D eigenvalue weighted by Gasteiger charge is 2.29. The zero-order valence-electron chi connectivity index (χ0n) is 16.7. The third-order valence-electron chi connectivity index (χ3n) is 2.46. The lowest BCUT2D eigenvalue weighted by molar-refractivity contribution is 0.00428. The molecule has 0 radical (unpaired) electrons. The molecule has 1 heterocycles. The first-order chi connectivity index (χ1) is 12.8. The maximum absolute atomic E-state index is 11.8. The molecule has 0 bridgehead atoms. The molecular formula is C11H22B3F12N2O2-3. The van der Waals surface area contributed by atoms with Crippen molar-refractivity contribution in [3.8, 4) is 0 Å². The molecule has 1 amide bonds. The first-order valence-electron chi connectivity index (χ1n) is 8.09. The second-order valence-electron chi connectivity index (χ2n) is 6.77. The van der Waals surface area contributed by atoms with Crippen LogP contribution in [0.1, 0.15) is 27.7 Å². The number of rotatable bonds is 0. The molecule has 0 aromatic rings. The molecule has 0 N–H and O–H groups in total. The fourth-order valence-electron chi connectivity index (χ4n) is 1.73. The van der Waals surface area contributed by atoms with Crippen molar-refractivity contribution in [3.05, 3.63) is 0 Å². The Morgan fingerprint density at radius 2 is 1.10 bits per heavy atom. The van der Waals surface area contributed by atoms with Crippen molar-refractivity contribution in [2.45, 2.75) is 39.3 Å². The first kappa shape index (κ1) is 33.2. The molecule has 0 aromatic heterocycles. The van der Waals surface area contributed by atoms with Crippen LogP contribution in [-0.2, 0) is 4.74 Å². The molecule has 1 atom stereocenters. The zero-order valence-corrected chi connectivity index (χ0v) is 16.7. The number of halogens is 12. The van der Waals surface area contributed by atoms with Crippen molar-refractivity contribution in [3.63, 3.8) is 0 Å². The minimum atomic E-state index is -6.00. The molecule has 1 aliphatic rings. The average molecular weight is 475 g/mol. The molecule has 30 heavy (non-hydrogen) atoms. The van der Waals surface area contributed by atoms with Gasteiger partial charge in [0.2, 0.25) is 0 Å². The lowest BCUT2D eigenvalue weighted by Gasteiger charge is -2.38. The molecule has 184 valence electrons. The Bertz CT molecular complexity index is 435. The predicted molar refractivity (Wildman–Crippen MR) is 90.5 cm³/mol. The van der Waals surface area contributed by atoms with Crippen LogP contribution >= 0.6 is 0 Å². The lowest BCUT2D eigenvalue weighted by Crippen LogP contribution is -2.53. The summed E-state index contributed by atoms with van der Waals surface area (Å²) in [7, 11) is -15.9. The van der Waals surface area contributed by atoms with Crippen LogP contribution in [0.5, 0.6) is 0 Å². The second-order valence-corrected chi connectivity index (χ2v) is 6.77. The van der Waals surface area contributed by atoms with Crippen molar-refractivity contribution in [1.29, 1.82) is 0 Å². The highest BCUT2D eigenvalue weighted by atomic mass is 19.5. The van der Waals surface area contributed by atoms with E-state index in [4.69, 9.17) is 4.74 Å². The van der Waals surface area contributed by atoms with Gasteiger partial charge < -0.3 is 66.3 Å². The molecule has 19 heteroatoms. The summed E-state index contributed by atoms with van der Waals surface area (Å²) in [5.74, 6) is 0. The highest BCUT2D eigenvalue weighted by Crippen LogP contribution is 2.14. The Labute approximate surface area is 166 Å². The van der Waals surface area contributed by atoms with Crippen LogP contribution in [0.25, 0.3) is 0 Å². The van der Waals surface area contributed by atoms with Gasteiger partial charge in [0.25, 0.3) is 0 Å². The van der Waals surface area contributed by atoms with Crippen LogP contribution in [0.3, 0.4) is 0 Å². The summed E-state index contributed by atoms with van der Waals surface area (Å²) in [5, 5.41) is 0. The van der Waals surface area contributed by atoms with Gasteiger partial charge in [-0.3, -0.25) is 0 Å². The molecule has 0 aromatic carbocycles. The summed E-state index contributed by atoms with van der Waals surface area (Å²) in [6.07, 6.45) is -0.192. The summed E-state index contributed by atoms with van der Waals surface area (Å²) < 4.78 is 122. The topological polar surface area (TPSA) is 32.8 Å². The van der Waals surface area contributed by atoms with Crippen LogP contribution in [0.4, 0.5) is 56.6 Å². The van der Waals surface area contributed by atoms with Gasteiger partial charge >= 0.3 is 27.9 Å². The molecule has 4 nitrogen and oxygen atoms in total. The molecular weight excluding hydrogens is 453 g/mol. The highest BCUT2D eigenvalue weighted by molar-refractivity contribution is 6.50. The second kappa shape index (κ2) is 13.1. The number of piperazine rings is 1. The van der Waals surface area contributed by atoms with Crippen molar-refractivity contribution >= 4 is 27.9 Å². The van der Waals surface area contributed by atoms with Crippen molar-refractivity contribution in [2.24, 2.45) is 0 Å². The summed E-state index contributed by atoms with van der Waals surface area (Å²) in [4.78, 5) is 15.9. The molecule has 1 aliphatic heterocycles. The van der Waals surface area contributed by atoms with E-state index in [0.717, 1.165) is 19.6 Å². The third kappa shape index (κ3) is 41.1. The molecule has 1 saturated heterocycles. The Kier molecular flexibility index (Phi) is 14.5. The summed E-state index contributed by atoms with van der Waals surface area (Å²) in [6.45, 7) is 10.3. The number of hydrogen-bond acceptors (Lipinski definition) is 3. The smallest absolute Gasteiger partial charge is 0.444 e. The van der Waals surface area contributed by atoms with E-state index in [-0.39, 0.29) is 12.1 Å². The Morgan fingerprint density at radius 1 is 0.800 bits per heavy atom. The SMILES string of the molecule is CC1CN(C)CCN1C(=O)OC(C)(C)C.F[B-](F)(F)F.F[B-](F)(F)F.F[B-](F)(F)F. The fraction of sp³-hybridized carbons (Fsp3) is 0.909. The van der Waals surface area contributed by atoms with Crippen LogP contribution < -0.4 is 0 Å². The fourth-order valence-corrected chi connectivity index (χ4v) is 1.73. The number of carbonyl (C=O) groups is 1. The van der Waals surface area contributed by atoms with E-state index in [9.17, 15) is 56.6 Å². The Hall–Kier alpha value is -1.42. The van der Waals surface area contributed by atoms with Crippen molar-refractivity contribution < 1.29 is 61.3 Å². The molecule has 0 saturated carbocycles. The monoisotopic (exact) mass is 475 g/mol. The Balaban J connectivity index is -0.000000400. The van der Waals surface area contributed by atoms with E-state index in [2.05, 4.69) is 18.9 Å².